The minimum Gasteiger partial charge on any atom is -0.370 e. The summed E-state index contributed by atoms with van der Waals surface area (Å²) in [5, 5.41) is 5.24. The van der Waals surface area contributed by atoms with Crippen molar-refractivity contribution in [2.45, 2.75) is 55.4 Å². The molecule has 1 aromatic heterocycles. The summed E-state index contributed by atoms with van der Waals surface area (Å²) in [5.74, 6) is -7.23. The number of alkyl halides is 7. The smallest absolute Gasteiger partial charge is 0.370 e. The van der Waals surface area contributed by atoms with Gasteiger partial charge in [0.1, 0.15) is 5.69 Å². The second kappa shape index (κ2) is 6.45. The number of aliphatic imine (C=N–C) groups is 2. The predicted octanol–water partition coefficient (Wildman–Crippen LogP) is 2.96. The first kappa shape index (κ1) is 20.7. The minimum absolute atomic E-state index is 0.127. The van der Waals surface area contributed by atoms with E-state index in [2.05, 4.69) is 25.6 Å². The lowest BCUT2D eigenvalue weighted by atomic mass is 9.71. The van der Waals surface area contributed by atoms with Gasteiger partial charge in [-0.25, -0.2) is 32.5 Å². The van der Waals surface area contributed by atoms with Gasteiger partial charge >= 0.3 is 6.18 Å². The highest BCUT2D eigenvalue weighted by atomic mass is 19.4. The van der Waals surface area contributed by atoms with Crippen LogP contribution < -0.4 is 16.4 Å². The Morgan fingerprint density at radius 3 is 2.23 bits per heavy atom. The third-order valence-corrected chi connectivity index (χ3v) is 5.34. The third kappa shape index (κ3) is 3.76. The molecule has 2 heterocycles. The Labute approximate surface area is 165 Å². The van der Waals surface area contributed by atoms with E-state index in [4.69, 9.17) is 5.73 Å². The molecule has 30 heavy (non-hydrogen) atoms. The van der Waals surface area contributed by atoms with Crippen molar-refractivity contribution in [1.82, 2.24) is 15.6 Å². The summed E-state index contributed by atoms with van der Waals surface area (Å²) in [6, 6.07) is 2.29. The van der Waals surface area contributed by atoms with Crippen molar-refractivity contribution in [3.05, 3.63) is 29.6 Å². The maximum absolute atomic E-state index is 13.6. The fraction of sp³-hybridized carbons (Fsp3) is 0.588. The van der Waals surface area contributed by atoms with E-state index in [1.54, 1.807) is 0 Å². The van der Waals surface area contributed by atoms with Crippen LogP contribution >= 0.6 is 0 Å². The summed E-state index contributed by atoms with van der Waals surface area (Å²) in [6.45, 7) is 0. The minimum atomic E-state index is -4.77. The Morgan fingerprint density at radius 1 is 1.03 bits per heavy atom. The molecule has 4 rings (SSSR count). The Kier molecular flexibility index (Phi) is 4.44. The van der Waals surface area contributed by atoms with Gasteiger partial charge in [-0.15, -0.1) is 0 Å². The van der Waals surface area contributed by atoms with Gasteiger partial charge in [-0.1, -0.05) is 6.07 Å². The molecule has 6 nitrogen and oxygen atoms in total. The van der Waals surface area contributed by atoms with Crippen LogP contribution in [0.1, 0.15) is 37.1 Å². The summed E-state index contributed by atoms with van der Waals surface area (Å²) >= 11 is 0. The molecule has 0 spiro atoms. The molecule has 1 aliphatic heterocycles. The third-order valence-electron chi connectivity index (χ3n) is 5.34. The Hall–Kier alpha value is -2.60. The predicted molar refractivity (Wildman–Crippen MR) is 91.9 cm³/mol. The molecule has 0 amide bonds. The zero-order valence-electron chi connectivity index (χ0n) is 15.3. The molecule has 164 valence electrons. The zero-order valence-corrected chi connectivity index (χ0v) is 15.3. The van der Waals surface area contributed by atoms with Crippen molar-refractivity contribution in [3.63, 3.8) is 0 Å². The normalized spacial score (nSPS) is 30.0. The standard InChI is InChI=1S/C17H17F7N6/c18-14(19)4-8(5-14)16(10-2-1-3-11(27-10)17(22,23)24)29-12(25)28-13(30-16)26-9-6-15(20,21)7-9/h1-3,8-9H,4-7H2,(H4,25,26,28,29,30). The second-order valence-electron chi connectivity index (χ2n) is 7.78. The maximum atomic E-state index is 13.6. The molecular formula is C17H17F7N6. The highest BCUT2D eigenvalue weighted by Crippen LogP contribution is 2.52. The van der Waals surface area contributed by atoms with Gasteiger partial charge in [0.25, 0.3) is 5.92 Å². The number of aromatic nitrogens is 1. The van der Waals surface area contributed by atoms with Gasteiger partial charge in [-0.3, -0.25) is 5.32 Å². The molecule has 1 unspecified atom stereocenters. The quantitative estimate of drug-likeness (QED) is 0.634. The first-order valence-corrected chi connectivity index (χ1v) is 9.07. The highest BCUT2D eigenvalue weighted by molar-refractivity contribution is 6.00. The van der Waals surface area contributed by atoms with Gasteiger partial charge in [-0.05, 0) is 12.1 Å². The highest BCUT2D eigenvalue weighted by Gasteiger charge is 2.58. The van der Waals surface area contributed by atoms with Gasteiger partial charge < -0.3 is 11.1 Å². The molecule has 1 atom stereocenters. The Balaban J connectivity index is 1.73. The number of rotatable bonds is 3. The molecule has 2 saturated carbocycles. The second-order valence-corrected chi connectivity index (χ2v) is 7.78. The van der Waals surface area contributed by atoms with Gasteiger partial charge in [0.05, 0.1) is 11.7 Å². The largest absolute Gasteiger partial charge is 0.433 e. The Morgan fingerprint density at radius 2 is 1.67 bits per heavy atom. The number of nitrogens with two attached hydrogens (primary N) is 1. The van der Waals surface area contributed by atoms with E-state index in [0.717, 1.165) is 12.1 Å². The molecule has 1 aromatic rings. The molecule has 0 saturated heterocycles. The van der Waals surface area contributed by atoms with Crippen molar-refractivity contribution in [1.29, 1.82) is 0 Å². The molecular weight excluding hydrogens is 421 g/mol. The van der Waals surface area contributed by atoms with Crippen LogP contribution in [0.3, 0.4) is 0 Å². The SMILES string of the molecule is NC1=NC(c2cccc(C(F)(F)F)n2)(C2CC(F)(F)C2)NC(=NC2CC(F)(F)C2)N1. The molecule has 0 radical (unpaired) electrons. The summed E-state index contributed by atoms with van der Waals surface area (Å²) < 4.78 is 92.9. The lowest BCUT2D eigenvalue weighted by molar-refractivity contribution is -0.143. The van der Waals surface area contributed by atoms with Crippen molar-refractivity contribution < 1.29 is 30.7 Å². The van der Waals surface area contributed by atoms with Gasteiger partial charge in [0.2, 0.25) is 11.9 Å². The van der Waals surface area contributed by atoms with E-state index in [0.29, 0.717) is 0 Å². The monoisotopic (exact) mass is 438 g/mol. The number of nitrogens with zero attached hydrogens (tertiary/aromatic N) is 3. The number of guanidine groups is 2. The molecule has 2 aliphatic carbocycles. The summed E-state index contributed by atoms with van der Waals surface area (Å²) in [6.07, 6.45) is -7.11. The number of pyridine rings is 1. The van der Waals surface area contributed by atoms with E-state index >= 15 is 0 Å². The number of nitrogens with one attached hydrogen (secondary N) is 2. The molecule has 2 fully saturated rings. The summed E-state index contributed by atoms with van der Waals surface area (Å²) in [7, 11) is 0. The number of hydrogen-bond acceptors (Lipinski definition) is 4. The number of hydrogen-bond donors (Lipinski definition) is 3. The van der Waals surface area contributed by atoms with Crippen LogP contribution in [0, 0.1) is 5.92 Å². The lowest BCUT2D eigenvalue weighted by Crippen LogP contribution is -2.65. The number of halogens is 7. The maximum Gasteiger partial charge on any atom is 0.433 e. The summed E-state index contributed by atoms with van der Waals surface area (Å²) in [4.78, 5) is 11.8. The van der Waals surface area contributed by atoms with Crippen molar-refractivity contribution in [2.75, 3.05) is 0 Å². The van der Waals surface area contributed by atoms with E-state index in [-0.39, 0.29) is 17.6 Å². The van der Waals surface area contributed by atoms with Crippen molar-refractivity contribution in [3.8, 4) is 0 Å². The molecule has 0 aromatic carbocycles. The van der Waals surface area contributed by atoms with E-state index < -0.39 is 67.0 Å². The molecule has 4 N–H and O–H groups in total. The average molecular weight is 438 g/mol. The fourth-order valence-electron chi connectivity index (χ4n) is 3.83. The van der Waals surface area contributed by atoms with Gasteiger partial charge in [0, 0.05) is 31.6 Å². The van der Waals surface area contributed by atoms with E-state index in [1.807, 2.05) is 0 Å². The molecule has 0 bridgehead atoms. The molecule has 3 aliphatic rings. The lowest BCUT2D eigenvalue weighted by Gasteiger charge is -2.48. The summed E-state index contributed by atoms with van der Waals surface area (Å²) in [5.41, 5.74) is 2.43. The van der Waals surface area contributed by atoms with Gasteiger partial charge in [-0.2, -0.15) is 13.2 Å². The zero-order chi connectivity index (χ0) is 21.9. The van der Waals surface area contributed by atoms with Crippen molar-refractivity contribution >= 4 is 11.9 Å². The molecule has 13 heteroatoms. The first-order valence-electron chi connectivity index (χ1n) is 9.07. The van der Waals surface area contributed by atoms with Crippen LogP contribution in [-0.2, 0) is 11.8 Å². The van der Waals surface area contributed by atoms with Crippen molar-refractivity contribution in [2.24, 2.45) is 21.6 Å². The first-order chi connectivity index (χ1) is 13.8. The van der Waals surface area contributed by atoms with E-state index in [1.165, 1.54) is 6.07 Å². The van der Waals surface area contributed by atoms with Crippen LogP contribution in [0.5, 0.6) is 0 Å². The van der Waals surface area contributed by atoms with Crippen LogP contribution in [0.15, 0.2) is 28.2 Å². The van der Waals surface area contributed by atoms with Crippen LogP contribution in [0.4, 0.5) is 30.7 Å². The van der Waals surface area contributed by atoms with Gasteiger partial charge in [0.15, 0.2) is 11.6 Å². The van der Waals surface area contributed by atoms with Crippen LogP contribution in [0.25, 0.3) is 0 Å². The van der Waals surface area contributed by atoms with Crippen LogP contribution in [-0.4, -0.2) is 34.8 Å². The average Bonchev–Trinajstić information content (AvgIpc) is 2.57. The Bertz CT molecular complexity index is 896. The topological polar surface area (TPSA) is 87.7 Å². The van der Waals surface area contributed by atoms with Crippen LogP contribution in [0.2, 0.25) is 0 Å². The fourth-order valence-corrected chi connectivity index (χ4v) is 3.83. The van der Waals surface area contributed by atoms with E-state index in [9.17, 15) is 30.7 Å².